The summed E-state index contributed by atoms with van der Waals surface area (Å²) in [5.74, 6) is -0.707. The third-order valence-electron chi connectivity index (χ3n) is 5.17. The fourth-order valence-electron chi connectivity index (χ4n) is 3.54. The predicted octanol–water partition coefficient (Wildman–Crippen LogP) is 3.14. The summed E-state index contributed by atoms with van der Waals surface area (Å²) in [6, 6.07) is 15.8. The topological polar surface area (TPSA) is 56.4 Å². The van der Waals surface area contributed by atoms with Gasteiger partial charge in [0.15, 0.2) is 0 Å². The molecule has 1 saturated heterocycles. The van der Waals surface area contributed by atoms with Crippen molar-refractivity contribution in [3.63, 3.8) is 0 Å². The minimum atomic E-state index is -0.485. The van der Waals surface area contributed by atoms with Gasteiger partial charge in [0.05, 0.1) is 5.52 Å². The molecule has 5 nitrogen and oxygen atoms in total. The maximum atomic E-state index is 13.3. The Morgan fingerprint density at radius 1 is 1.03 bits per heavy atom. The van der Waals surface area contributed by atoms with E-state index in [-0.39, 0.29) is 11.5 Å². The number of rotatable bonds is 4. The van der Waals surface area contributed by atoms with Gasteiger partial charge in [0, 0.05) is 32.7 Å². The van der Waals surface area contributed by atoms with Crippen LogP contribution in [0.4, 0.5) is 4.39 Å². The first-order chi connectivity index (χ1) is 14.1. The summed E-state index contributed by atoms with van der Waals surface area (Å²) in [7, 11) is 0. The number of hydrogen-bond donors (Lipinski definition) is 1. The van der Waals surface area contributed by atoms with Crippen molar-refractivity contribution in [2.24, 2.45) is 0 Å². The Hall–Kier alpha value is -3.25. The third kappa shape index (κ3) is 4.43. The molecule has 2 heterocycles. The Kier molecular flexibility index (Phi) is 5.53. The number of pyridine rings is 1. The van der Waals surface area contributed by atoms with Gasteiger partial charge < -0.3 is 9.88 Å². The van der Waals surface area contributed by atoms with E-state index in [4.69, 9.17) is 0 Å². The highest BCUT2D eigenvalue weighted by atomic mass is 19.1. The lowest BCUT2D eigenvalue weighted by molar-refractivity contribution is 0.0648. The van der Waals surface area contributed by atoms with Crippen LogP contribution in [-0.2, 0) is 0 Å². The molecule has 1 N–H and O–H groups in total. The molecule has 0 aliphatic carbocycles. The second-order valence-corrected chi connectivity index (χ2v) is 7.15. The lowest BCUT2D eigenvalue weighted by Crippen LogP contribution is -2.49. The van der Waals surface area contributed by atoms with E-state index in [1.165, 1.54) is 12.1 Å². The van der Waals surface area contributed by atoms with Gasteiger partial charge in [-0.05, 0) is 35.2 Å². The van der Waals surface area contributed by atoms with E-state index in [0.717, 1.165) is 25.2 Å². The number of carbonyl (C=O) groups is 1. The van der Waals surface area contributed by atoms with Crippen molar-refractivity contribution in [3.8, 4) is 0 Å². The monoisotopic (exact) mass is 391 g/mol. The summed E-state index contributed by atoms with van der Waals surface area (Å²) in [4.78, 5) is 31.7. The smallest absolute Gasteiger partial charge is 0.261 e. The van der Waals surface area contributed by atoms with Gasteiger partial charge in [-0.25, -0.2) is 4.39 Å². The first-order valence-electron chi connectivity index (χ1n) is 9.66. The minimum Gasteiger partial charge on any atom is -0.336 e. The maximum Gasteiger partial charge on any atom is 0.261 e. The third-order valence-corrected chi connectivity index (χ3v) is 5.17. The zero-order valence-electron chi connectivity index (χ0n) is 16.0. The van der Waals surface area contributed by atoms with E-state index in [0.29, 0.717) is 24.0 Å². The molecule has 0 saturated carbocycles. The number of H-pyrrole nitrogens is 1. The van der Waals surface area contributed by atoms with Crippen LogP contribution in [0.1, 0.15) is 15.9 Å². The zero-order valence-corrected chi connectivity index (χ0v) is 16.0. The SMILES string of the molecule is O=C(c1cc2ccc(F)cc2[nH]c1=O)N1CCN(C/C=C/c2ccccc2)CC1. The van der Waals surface area contributed by atoms with Crippen LogP contribution in [0.15, 0.2) is 65.5 Å². The van der Waals surface area contributed by atoms with Crippen LogP contribution in [0.5, 0.6) is 0 Å². The molecule has 3 aromatic rings. The predicted molar refractivity (Wildman–Crippen MR) is 112 cm³/mol. The number of nitrogens with zero attached hydrogens (tertiary/aromatic N) is 2. The second-order valence-electron chi connectivity index (χ2n) is 7.15. The van der Waals surface area contributed by atoms with Gasteiger partial charge in [-0.1, -0.05) is 42.5 Å². The van der Waals surface area contributed by atoms with E-state index in [9.17, 15) is 14.0 Å². The van der Waals surface area contributed by atoms with E-state index in [2.05, 4.69) is 34.2 Å². The molecule has 1 fully saturated rings. The van der Waals surface area contributed by atoms with Gasteiger partial charge in [0.1, 0.15) is 11.4 Å². The molecule has 1 aromatic heterocycles. The number of nitrogens with one attached hydrogen (secondary N) is 1. The molecule has 0 radical (unpaired) electrons. The summed E-state index contributed by atoms with van der Waals surface area (Å²) < 4.78 is 13.3. The number of benzene rings is 2. The highest BCUT2D eigenvalue weighted by molar-refractivity contribution is 5.97. The highest BCUT2D eigenvalue weighted by Crippen LogP contribution is 2.14. The molecular formula is C23H22FN3O2. The summed E-state index contributed by atoms with van der Waals surface area (Å²) in [5.41, 5.74) is 1.17. The molecule has 148 valence electrons. The van der Waals surface area contributed by atoms with Crippen LogP contribution >= 0.6 is 0 Å². The van der Waals surface area contributed by atoms with Crippen molar-refractivity contribution < 1.29 is 9.18 Å². The number of aromatic amines is 1. The van der Waals surface area contributed by atoms with Crippen LogP contribution in [0.2, 0.25) is 0 Å². The van der Waals surface area contributed by atoms with Crippen molar-refractivity contribution in [2.75, 3.05) is 32.7 Å². The number of hydrogen-bond acceptors (Lipinski definition) is 3. The van der Waals surface area contributed by atoms with Crippen molar-refractivity contribution in [3.05, 3.63) is 88.0 Å². The fourth-order valence-corrected chi connectivity index (χ4v) is 3.54. The van der Waals surface area contributed by atoms with Gasteiger partial charge in [-0.15, -0.1) is 0 Å². The molecule has 0 spiro atoms. The van der Waals surface area contributed by atoms with Gasteiger partial charge >= 0.3 is 0 Å². The maximum absolute atomic E-state index is 13.3. The molecule has 6 heteroatoms. The Bertz CT molecular complexity index is 1100. The van der Waals surface area contributed by atoms with Crippen molar-refractivity contribution in [1.82, 2.24) is 14.8 Å². The summed E-state index contributed by atoms with van der Waals surface area (Å²) in [6.07, 6.45) is 4.22. The number of fused-ring (bicyclic) bond motifs is 1. The van der Waals surface area contributed by atoms with E-state index in [1.54, 1.807) is 17.0 Å². The molecule has 1 aliphatic heterocycles. The van der Waals surface area contributed by atoms with Crippen molar-refractivity contribution in [2.45, 2.75) is 0 Å². The average Bonchev–Trinajstić information content (AvgIpc) is 2.74. The molecule has 0 bridgehead atoms. The average molecular weight is 391 g/mol. The Morgan fingerprint density at radius 3 is 2.55 bits per heavy atom. The van der Waals surface area contributed by atoms with Gasteiger partial charge in [0.25, 0.3) is 11.5 Å². The highest BCUT2D eigenvalue weighted by Gasteiger charge is 2.23. The molecule has 2 aromatic carbocycles. The zero-order chi connectivity index (χ0) is 20.2. The standard InChI is InChI=1S/C23H22FN3O2/c24-19-9-8-18-15-20(22(28)25-21(18)16-19)23(29)27-13-11-26(12-14-27)10-4-7-17-5-2-1-3-6-17/h1-9,15-16H,10-14H2,(H,25,28)/b7-4+. The second kappa shape index (κ2) is 8.41. The van der Waals surface area contributed by atoms with E-state index < -0.39 is 11.4 Å². The summed E-state index contributed by atoms with van der Waals surface area (Å²) in [6.45, 7) is 3.46. The molecule has 1 amide bonds. The van der Waals surface area contributed by atoms with E-state index >= 15 is 0 Å². The quantitative estimate of drug-likeness (QED) is 0.743. The number of amides is 1. The summed E-state index contributed by atoms with van der Waals surface area (Å²) in [5, 5.41) is 0.638. The lowest BCUT2D eigenvalue weighted by atomic mass is 10.1. The largest absolute Gasteiger partial charge is 0.336 e. The van der Waals surface area contributed by atoms with Crippen molar-refractivity contribution in [1.29, 1.82) is 0 Å². The van der Waals surface area contributed by atoms with Crippen LogP contribution in [0.25, 0.3) is 17.0 Å². The fraction of sp³-hybridized carbons (Fsp3) is 0.217. The molecule has 0 atom stereocenters. The van der Waals surface area contributed by atoms with Crippen LogP contribution in [0.3, 0.4) is 0 Å². The normalized spacial score (nSPS) is 15.3. The molecule has 1 aliphatic rings. The first kappa shape index (κ1) is 19.1. The lowest BCUT2D eigenvalue weighted by Gasteiger charge is -2.34. The van der Waals surface area contributed by atoms with Crippen LogP contribution in [0, 0.1) is 5.82 Å². The Labute approximate surface area is 168 Å². The van der Waals surface area contributed by atoms with Gasteiger partial charge in [0.2, 0.25) is 0 Å². The number of carbonyl (C=O) groups excluding carboxylic acids is 1. The van der Waals surface area contributed by atoms with Gasteiger partial charge in [-0.2, -0.15) is 0 Å². The van der Waals surface area contributed by atoms with Crippen LogP contribution in [-0.4, -0.2) is 53.4 Å². The van der Waals surface area contributed by atoms with E-state index in [1.807, 2.05) is 18.2 Å². The number of piperazine rings is 1. The number of aromatic nitrogens is 1. The Morgan fingerprint density at radius 2 is 1.79 bits per heavy atom. The first-order valence-corrected chi connectivity index (χ1v) is 9.66. The molecule has 29 heavy (non-hydrogen) atoms. The molecular weight excluding hydrogens is 369 g/mol. The summed E-state index contributed by atoms with van der Waals surface area (Å²) >= 11 is 0. The Balaban J connectivity index is 1.38. The van der Waals surface area contributed by atoms with Crippen LogP contribution < -0.4 is 5.56 Å². The molecule has 4 rings (SSSR count). The number of halogens is 1. The van der Waals surface area contributed by atoms with Gasteiger partial charge in [-0.3, -0.25) is 14.5 Å². The minimum absolute atomic E-state index is 0.0986. The molecule has 0 unspecified atom stereocenters. The van der Waals surface area contributed by atoms with Crippen molar-refractivity contribution >= 4 is 22.9 Å².